The predicted molar refractivity (Wildman–Crippen MR) is 116 cm³/mol. The van der Waals surface area contributed by atoms with E-state index < -0.39 is 5.60 Å². The number of piperidine rings is 1. The van der Waals surface area contributed by atoms with Crippen LogP contribution < -0.4 is 5.32 Å². The SMILES string of the molecule is CC(C)(C)OC(=O)N1CCC(CNCCCC2CCc3ccc(O)cc3C2)CC1. The number of aryl methyl sites for hydroxylation is 1. The molecule has 0 bridgehead atoms. The highest BCUT2D eigenvalue weighted by atomic mass is 16.6. The number of likely N-dealkylation sites (tertiary alicyclic amines) is 1. The van der Waals surface area contributed by atoms with Crippen molar-refractivity contribution in [2.45, 2.75) is 71.3 Å². The van der Waals surface area contributed by atoms with E-state index in [-0.39, 0.29) is 6.09 Å². The Hall–Kier alpha value is -1.75. The number of fused-ring (bicyclic) bond motifs is 1. The fraction of sp³-hybridized carbons (Fsp3) is 0.708. The molecule has 1 aliphatic carbocycles. The van der Waals surface area contributed by atoms with Crippen LogP contribution in [0.2, 0.25) is 0 Å². The average Bonchev–Trinajstić information content (AvgIpc) is 2.66. The fourth-order valence-electron chi connectivity index (χ4n) is 4.53. The summed E-state index contributed by atoms with van der Waals surface area (Å²) in [5.74, 6) is 1.78. The lowest BCUT2D eigenvalue weighted by atomic mass is 9.81. The maximum Gasteiger partial charge on any atom is 0.410 e. The molecule has 1 amide bonds. The predicted octanol–water partition coefficient (Wildman–Crippen LogP) is 4.51. The molecule has 1 fully saturated rings. The van der Waals surface area contributed by atoms with Crippen molar-refractivity contribution >= 4 is 6.09 Å². The number of amides is 1. The Labute approximate surface area is 175 Å². The van der Waals surface area contributed by atoms with E-state index >= 15 is 0 Å². The standard InChI is InChI=1S/C24H38N2O3/c1-24(2,3)29-23(28)26-13-10-19(11-14-26)17-25-12-4-5-18-6-7-20-8-9-22(27)16-21(20)15-18/h8-9,16,18-19,25,27H,4-7,10-15,17H2,1-3H3. The molecule has 3 rings (SSSR count). The van der Waals surface area contributed by atoms with Gasteiger partial charge in [-0.15, -0.1) is 0 Å². The Balaban J connectivity index is 1.27. The number of benzene rings is 1. The van der Waals surface area contributed by atoms with Gasteiger partial charge >= 0.3 is 6.09 Å². The third kappa shape index (κ3) is 6.91. The van der Waals surface area contributed by atoms with Crippen LogP contribution in [0.3, 0.4) is 0 Å². The zero-order chi connectivity index (χ0) is 20.9. The number of hydrogen-bond donors (Lipinski definition) is 2. The van der Waals surface area contributed by atoms with E-state index in [9.17, 15) is 9.90 Å². The normalized spacial score (nSPS) is 20.4. The molecule has 0 saturated carbocycles. The second-order valence-electron chi connectivity index (χ2n) is 9.82. The zero-order valence-electron chi connectivity index (χ0n) is 18.4. The van der Waals surface area contributed by atoms with Gasteiger partial charge in [-0.05, 0) is 114 Å². The molecule has 0 spiro atoms. The number of carbonyl (C=O) groups is 1. The summed E-state index contributed by atoms with van der Waals surface area (Å²) in [6, 6.07) is 5.83. The molecule has 0 aromatic heterocycles. The number of nitrogens with zero attached hydrogens (tertiary/aromatic N) is 1. The number of phenolic OH excluding ortho intramolecular Hbond substituents is 1. The summed E-state index contributed by atoms with van der Waals surface area (Å²) < 4.78 is 5.47. The van der Waals surface area contributed by atoms with E-state index in [1.54, 1.807) is 6.07 Å². The highest BCUT2D eigenvalue weighted by Gasteiger charge is 2.26. The van der Waals surface area contributed by atoms with E-state index in [4.69, 9.17) is 4.74 Å². The molecule has 1 atom stereocenters. The van der Waals surface area contributed by atoms with Gasteiger partial charge in [0.05, 0.1) is 0 Å². The number of hydrogen-bond acceptors (Lipinski definition) is 4. The first kappa shape index (κ1) is 21.9. The third-order valence-electron chi connectivity index (χ3n) is 6.19. The summed E-state index contributed by atoms with van der Waals surface area (Å²) in [7, 11) is 0. The van der Waals surface area contributed by atoms with Crippen molar-refractivity contribution in [2.24, 2.45) is 11.8 Å². The minimum absolute atomic E-state index is 0.175. The molecule has 5 nitrogen and oxygen atoms in total. The van der Waals surface area contributed by atoms with Gasteiger partial charge in [0.2, 0.25) is 0 Å². The number of nitrogens with one attached hydrogen (secondary N) is 1. The van der Waals surface area contributed by atoms with Crippen LogP contribution >= 0.6 is 0 Å². The second kappa shape index (κ2) is 9.84. The lowest BCUT2D eigenvalue weighted by Gasteiger charge is -2.33. The van der Waals surface area contributed by atoms with Gasteiger partial charge in [-0.2, -0.15) is 0 Å². The number of carbonyl (C=O) groups excluding carboxylic acids is 1. The van der Waals surface area contributed by atoms with Gasteiger partial charge in [0.1, 0.15) is 11.4 Å². The van der Waals surface area contributed by atoms with Gasteiger partial charge < -0.3 is 20.1 Å². The van der Waals surface area contributed by atoms with Crippen LogP contribution in [0.5, 0.6) is 5.75 Å². The van der Waals surface area contributed by atoms with Crippen LogP contribution in [0, 0.1) is 11.8 Å². The molecule has 1 heterocycles. The van der Waals surface area contributed by atoms with Crippen LogP contribution in [-0.4, -0.2) is 47.9 Å². The van der Waals surface area contributed by atoms with Gasteiger partial charge in [0.25, 0.3) is 0 Å². The monoisotopic (exact) mass is 402 g/mol. The molecule has 1 aromatic carbocycles. The van der Waals surface area contributed by atoms with Crippen LogP contribution in [0.4, 0.5) is 4.79 Å². The Morgan fingerprint density at radius 3 is 2.66 bits per heavy atom. The molecule has 1 saturated heterocycles. The molecule has 0 radical (unpaired) electrons. The van der Waals surface area contributed by atoms with Crippen molar-refractivity contribution in [3.05, 3.63) is 29.3 Å². The average molecular weight is 403 g/mol. The summed E-state index contributed by atoms with van der Waals surface area (Å²) in [5, 5.41) is 13.3. The third-order valence-corrected chi connectivity index (χ3v) is 6.19. The minimum atomic E-state index is -0.420. The largest absolute Gasteiger partial charge is 0.508 e. The molecule has 162 valence electrons. The number of phenols is 1. The number of ether oxygens (including phenoxy) is 1. The van der Waals surface area contributed by atoms with Crippen LogP contribution in [-0.2, 0) is 17.6 Å². The van der Waals surface area contributed by atoms with Crippen molar-refractivity contribution in [3.63, 3.8) is 0 Å². The topological polar surface area (TPSA) is 61.8 Å². The summed E-state index contributed by atoms with van der Waals surface area (Å²) in [6.07, 6.45) is 7.89. The van der Waals surface area contributed by atoms with E-state index in [0.717, 1.165) is 57.8 Å². The smallest absolute Gasteiger partial charge is 0.410 e. The Kier molecular flexibility index (Phi) is 7.44. The first-order valence-electron chi connectivity index (χ1n) is 11.3. The van der Waals surface area contributed by atoms with Crippen molar-refractivity contribution in [2.75, 3.05) is 26.2 Å². The molecular weight excluding hydrogens is 364 g/mol. The van der Waals surface area contributed by atoms with Crippen LogP contribution in [0.25, 0.3) is 0 Å². The number of aromatic hydroxyl groups is 1. The molecule has 2 aliphatic rings. The molecule has 1 unspecified atom stereocenters. The summed E-state index contributed by atoms with van der Waals surface area (Å²) in [4.78, 5) is 14.0. The summed E-state index contributed by atoms with van der Waals surface area (Å²) in [5.41, 5.74) is 2.33. The Bertz CT molecular complexity index is 675. The van der Waals surface area contributed by atoms with Crippen molar-refractivity contribution < 1.29 is 14.6 Å². The van der Waals surface area contributed by atoms with Crippen molar-refractivity contribution in [1.82, 2.24) is 10.2 Å². The minimum Gasteiger partial charge on any atom is -0.508 e. The second-order valence-corrected chi connectivity index (χ2v) is 9.82. The molecule has 5 heteroatoms. The lowest BCUT2D eigenvalue weighted by Crippen LogP contribution is -2.43. The van der Waals surface area contributed by atoms with E-state index in [1.807, 2.05) is 31.7 Å². The summed E-state index contributed by atoms with van der Waals surface area (Å²) >= 11 is 0. The fourth-order valence-corrected chi connectivity index (χ4v) is 4.53. The number of rotatable bonds is 6. The first-order chi connectivity index (χ1) is 13.8. The van der Waals surface area contributed by atoms with E-state index in [0.29, 0.717) is 11.7 Å². The summed E-state index contributed by atoms with van der Waals surface area (Å²) in [6.45, 7) is 9.46. The molecule has 1 aliphatic heterocycles. The molecule has 1 aromatic rings. The Morgan fingerprint density at radius 1 is 1.17 bits per heavy atom. The van der Waals surface area contributed by atoms with Crippen molar-refractivity contribution in [3.8, 4) is 5.75 Å². The van der Waals surface area contributed by atoms with Gasteiger partial charge in [-0.25, -0.2) is 4.79 Å². The molecule has 29 heavy (non-hydrogen) atoms. The highest BCUT2D eigenvalue weighted by Crippen LogP contribution is 2.30. The van der Waals surface area contributed by atoms with Crippen LogP contribution in [0.15, 0.2) is 18.2 Å². The van der Waals surface area contributed by atoms with E-state index in [1.165, 1.54) is 30.4 Å². The lowest BCUT2D eigenvalue weighted by molar-refractivity contribution is 0.0184. The zero-order valence-corrected chi connectivity index (χ0v) is 18.4. The molecular formula is C24H38N2O3. The van der Waals surface area contributed by atoms with Gasteiger partial charge in [0, 0.05) is 13.1 Å². The Morgan fingerprint density at radius 2 is 1.93 bits per heavy atom. The maximum absolute atomic E-state index is 12.1. The maximum atomic E-state index is 12.1. The van der Waals surface area contributed by atoms with Crippen molar-refractivity contribution in [1.29, 1.82) is 0 Å². The van der Waals surface area contributed by atoms with Crippen LogP contribution in [0.1, 0.15) is 64.0 Å². The van der Waals surface area contributed by atoms with Gasteiger partial charge in [-0.3, -0.25) is 0 Å². The van der Waals surface area contributed by atoms with Gasteiger partial charge in [0.15, 0.2) is 0 Å². The quantitative estimate of drug-likeness (QED) is 0.687. The first-order valence-corrected chi connectivity index (χ1v) is 11.3. The van der Waals surface area contributed by atoms with Gasteiger partial charge in [-0.1, -0.05) is 6.07 Å². The highest BCUT2D eigenvalue weighted by molar-refractivity contribution is 5.68. The molecule has 2 N–H and O–H groups in total. The van der Waals surface area contributed by atoms with E-state index in [2.05, 4.69) is 11.4 Å².